The van der Waals surface area contributed by atoms with E-state index in [2.05, 4.69) is 56.6 Å². The van der Waals surface area contributed by atoms with Crippen LogP contribution in [-0.4, -0.2) is 25.0 Å². The fourth-order valence-electron chi connectivity index (χ4n) is 2.22. The molecule has 8 heteroatoms. The molecule has 2 N–H and O–H groups in total. The summed E-state index contributed by atoms with van der Waals surface area (Å²) in [5.41, 5.74) is 5.80. The molecule has 0 spiro atoms. The Bertz CT molecular complexity index is 812. The Morgan fingerprint density at radius 2 is 1.57 bits per heavy atom. The summed E-state index contributed by atoms with van der Waals surface area (Å²) in [6, 6.07) is 13.0. The normalized spacial score (nSPS) is 11.4. The van der Waals surface area contributed by atoms with Gasteiger partial charge in [-0.1, -0.05) is 41.9 Å². The molecular weight excluding hydrogens is 492 g/mol. The highest BCUT2D eigenvalue weighted by Crippen LogP contribution is 2.28. The fourth-order valence-corrected chi connectivity index (χ4v) is 3.39. The predicted molar refractivity (Wildman–Crippen MR) is 114 cm³/mol. The van der Waals surface area contributed by atoms with Crippen LogP contribution in [0, 0.1) is 0 Å². The predicted octanol–water partition coefficient (Wildman–Crippen LogP) is 4.33. The van der Waals surface area contributed by atoms with E-state index < -0.39 is 11.8 Å². The average molecular weight is 514 g/mol. The molecule has 0 heterocycles. The maximum atomic E-state index is 11.8. The lowest BCUT2D eigenvalue weighted by Gasteiger charge is -2.12. The molecular formula is C20H22Br2N2O4. The van der Waals surface area contributed by atoms with Crippen molar-refractivity contribution in [2.24, 2.45) is 0 Å². The average Bonchev–Trinajstić information content (AvgIpc) is 2.69. The van der Waals surface area contributed by atoms with Gasteiger partial charge in [-0.2, -0.15) is 0 Å². The van der Waals surface area contributed by atoms with Crippen LogP contribution in [0.4, 0.5) is 0 Å². The SMILES string of the molecule is CCC(C)c1ccc(OCC(=O)NNC(=O)COc2ccc(Br)cc2Br)cc1. The summed E-state index contributed by atoms with van der Waals surface area (Å²) in [5.74, 6) is 0.642. The summed E-state index contributed by atoms with van der Waals surface area (Å²) < 4.78 is 12.4. The molecule has 1 atom stereocenters. The Balaban J connectivity index is 1.69. The fraction of sp³-hybridized carbons (Fsp3) is 0.300. The minimum absolute atomic E-state index is 0.206. The molecule has 0 aliphatic heterocycles. The molecule has 0 aliphatic rings. The molecule has 2 amide bonds. The Kier molecular flexibility index (Phi) is 8.79. The van der Waals surface area contributed by atoms with E-state index >= 15 is 0 Å². The third kappa shape index (κ3) is 7.16. The summed E-state index contributed by atoms with van der Waals surface area (Å²) in [5, 5.41) is 0. The molecule has 0 radical (unpaired) electrons. The van der Waals surface area contributed by atoms with E-state index in [1.165, 1.54) is 5.56 Å². The number of hydrogen-bond acceptors (Lipinski definition) is 4. The quantitative estimate of drug-likeness (QED) is 0.515. The lowest BCUT2D eigenvalue weighted by molar-refractivity contribution is -0.131. The monoisotopic (exact) mass is 512 g/mol. The molecule has 2 rings (SSSR count). The highest BCUT2D eigenvalue weighted by atomic mass is 79.9. The van der Waals surface area contributed by atoms with E-state index in [9.17, 15) is 9.59 Å². The Morgan fingerprint density at radius 3 is 2.14 bits per heavy atom. The number of amides is 2. The van der Waals surface area contributed by atoms with Crippen molar-refractivity contribution < 1.29 is 19.1 Å². The number of nitrogens with one attached hydrogen (secondary N) is 2. The molecule has 2 aromatic rings. The lowest BCUT2D eigenvalue weighted by Crippen LogP contribution is -2.45. The highest BCUT2D eigenvalue weighted by Gasteiger charge is 2.09. The Hall–Kier alpha value is -2.06. The summed E-state index contributed by atoms with van der Waals surface area (Å²) in [4.78, 5) is 23.6. The van der Waals surface area contributed by atoms with Crippen molar-refractivity contribution >= 4 is 43.7 Å². The smallest absolute Gasteiger partial charge is 0.276 e. The first-order valence-corrected chi connectivity index (χ1v) is 10.4. The van der Waals surface area contributed by atoms with Crippen LogP contribution in [0.1, 0.15) is 31.7 Å². The van der Waals surface area contributed by atoms with Crippen LogP contribution in [0.3, 0.4) is 0 Å². The van der Waals surface area contributed by atoms with Crippen LogP contribution >= 0.6 is 31.9 Å². The van der Waals surface area contributed by atoms with E-state index in [4.69, 9.17) is 9.47 Å². The van der Waals surface area contributed by atoms with Gasteiger partial charge in [0.15, 0.2) is 13.2 Å². The van der Waals surface area contributed by atoms with Crippen LogP contribution in [0.5, 0.6) is 11.5 Å². The first-order chi connectivity index (χ1) is 13.4. The maximum absolute atomic E-state index is 11.8. The molecule has 6 nitrogen and oxygen atoms in total. The van der Waals surface area contributed by atoms with Crippen molar-refractivity contribution in [2.45, 2.75) is 26.2 Å². The minimum Gasteiger partial charge on any atom is -0.484 e. The van der Waals surface area contributed by atoms with Gasteiger partial charge in [-0.25, -0.2) is 0 Å². The zero-order valence-electron chi connectivity index (χ0n) is 15.6. The summed E-state index contributed by atoms with van der Waals surface area (Å²) in [7, 11) is 0. The van der Waals surface area contributed by atoms with E-state index in [1.807, 2.05) is 30.3 Å². The second-order valence-corrected chi connectivity index (χ2v) is 7.90. The molecule has 0 fully saturated rings. The third-order valence-electron chi connectivity index (χ3n) is 4.03. The molecule has 2 aromatic carbocycles. The third-order valence-corrected chi connectivity index (χ3v) is 5.14. The van der Waals surface area contributed by atoms with Gasteiger partial charge in [0, 0.05) is 4.47 Å². The minimum atomic E-state index is -0.485. The van der Waals surface area contributed by atoms with Crippen molar-refractivity contribution in [3.05, 3.63) is 57.0 Å². The number of rotatable bonds is 8. The molecule has 0 saturated carbocycles. The topological polar surface area (TPSA) is 76.7 Å². The second-order valence-electron chi connectivity index (χ2n) is 6.13. The second kappa shape index (κ2) is 11.1. The molecule has 0 aliphatic carbocycles. The summed E-state index contributed by atoms with van der Waals surface area (Å²) in [6.45, 7) is 3.85. The molecule has 28 heavy (non-hydrogen) atoms. The summed E-state index contributed by atoms with van der Waals surface area (Å²) >= 11 is 6.68. The van der Waals surface area contributed by atoms with Crippen LogP contribution in [0.2, 0.25) is 0 Å². The number of carbonyl (C=O) groups excluding carboxylic acids is 2. The molecule has 0 bridgehead atoms. The van der Waals surface area contributed by atoms with Gasteiger partial charge in [0.05, 0.1) is 4.47 Å². The van der Waals surface area contributed by atoms with E-state index in [-0.39, 0.29) is 13.2 Å². The number of benzene rings is 2. The largest absolute Gasteiger partial charge is 0.484 e. The van der Waals surface area contributed by atoms with Crippen molar-refractivity contribution in [1.82, 2.24) is 10.9 Å². The highest BCUT2D eigenvalue weighted by molar-refractivity contribution is 9.11. The van der Waals surface area contributed by atoms with Crippen molar-refractivity contribution in [1.29, 1.82) is 0 Å². The zero-order chi connectivity index (χ0) is 20.5. The Labute approximate surface area is 181 Å². The van der Waals surface area contributed by atoms with Crippen LogP contribution in [0.15, 0.2) is 51.4 Å². The van der Waals surface area contributed by atoms with Gasteiger partial charge in [0.2, 0.25) is 0 Å². The van der Waals surface area contributed by atoms with Crippen molar-refractivity contribution in [3.63, 3.8) is 0 Å². The molecule has 0 saturated heterocycles. The van der Waals surface area contributed by atoms with Gasteiger partial charge < -0.3 is 9.47 Å². The van der Waals surface area contributed by atoms with Gasteiger partial charge in [-0.15, -0.1) is 0 Å². The number of hydrazine groups is 1. The van der Waals surface area contributed by atoms with E-state index in [0.29, 0.717) is 21.9 Å². The molecule has 1 unspecified atom stereocenters. The number of halogens is 2. The van der Waals surface area contributed by atoms with Crippen LogP contribution in [0.25, 0.3) is 0 Å². The van der Waals surface area contributed by atoms with Gasteiger partial charge in [0.25, 0.3) is 11.8 Å². The van der Waals surface area contributed by atoms with Crippen LogP contribution < -0.4 is 20.3 Å². The van der Waals surface area contributed by atoms with Crippen molar-refractivity contribution in [3.8, 4) is 11.5 Å². The molecule has 150 valence electrons. The van der Waals surface area contributed by atoms with E-state index in [1.54, 1.807) is 12.1 Å². The first kappa shape index (κ1) is 22.2. The van der Waals surface area contributed by atoms with Gasteiger partial charge >= 0.3 is 0 Å². The van der Waals surface area contributed by atoms with E-state index in [0.717, 1.165) is 10.9 Å². The van der Waals surface area contributed by atoms with Gasteiger partial charge in [-0.3, -0.25) is 20.4 Å². The van der Waals surface area contributed by atoms with Gasteiger partial charge in [0.1, 0.15) is 11.5 Å². The Morgan fingerprint density at radius 1 is 0.964 bits per heavy atom. The number of ether oxygens (including phenoxy) is 2. The van der Waals surface area contributed by atoms with Crippen LogP contribution in [-0.2, 0) is 9.59 Å². The van der Waals surface area contributed by atoms with Crippen molar-refractivity contribution in [2.75, 3.05) is 13.2 Å². The summed E-state index contributed by atoms with van der Waals surface area (Å²) in [6.07, 6.45) is 1.06. The zero-order valence-corrected chi connectivity index (χ0v) is 18.8. The molecule has 0 aromatic heterocycles. The van der Waals surface area contributed by atoms with Gasteiger partial charge in [-0.05, 0) is 64.2 Å². The lowest BCUT2D eigenvalue weighted by atomic mass is 9.99. The standard InChI is InChI=1S/C20H22Br2N2O4/c1-3-13(2)14-4-7-16(8-5-14)27-11-19(25)23-24-20(26)12-28-18-9-6-15(21)10-17(18)22/h4-10,13H,3,11-12H2,1-2H3,(H,23,25)(H,24,26). The number of carbonyl (C=O) groups is 2. The first-order valence-electron chi connectivity index (χ1n) is 8.77. The number of hydrogen-bond donors (Lipinski definition) is 2. The maximum Gasteiger partial charge on any atom is 0.276 e.